The Labute approximate surface area is 306 Å². The quantitative estimate of drug-likeness (QED) is 0.286. The van der Waals surface area contributed by atoms with Crippen LogP contribution in [0.2, 0.25) is 0 Å². The second kappa shape index (κ2) is 17.5. The van der Waals surface area contributed by atoms with E-state index in [1.807, 2.05) is 74.1 Å². The third kappa shape index (κ3) is 12.7. The first kappa shape index (κ1) is 42.1. The van der Waals surface area contributed by atoms with E-state index in [0.717, 1.165) is 0 Å². The lowest BCUT2D eigenvalue weighted by atomic mass is 9.92. The number of carbonyl (C=O) groups is 6. The van der Waals surface area contributed by atoms with Gasteiger partial charge < -0.3 is 29.7 Å². The number of piperidine rings is 1. The summed E-state index contributed by atoms with van der Waals surface area (Å²) in [5.41, 5.74) is -0.293. The van der Waals surface area contributed by atoms with Crippen molar-refractivity contribution in [1.82, 2.24) is 29.9 Å². The second-order valence-corrected chi connectivity index (χ2v) is 15.9. The molecule has 0 aromatic carbocycles. The molecule has 3 N–H and O–H groups in total. The normalized spacial score (nSPS) is 24.6. The number of ether oxygens (including phenoxy) is 2. The van der Waals surface area contributed by atoms with Gasteiger partial charge in [-0.2, -0.15) is 0 Å². The molecule has 3 saturated heterocycles. The minimum absolute atomic E-state index is 0.0683. The van der Waals surface area contributed by atoms with Crippen LogP contribution in [0, 0.1) is 0 Å². The number of carbonyl (C=O) groups excluding carboxylic acids is 5. The number of carboxylic acid groups (broad SMARTS) is 1. The highest BCUT2D eigenvalue weighted by Gasteiger charge is 2.36. The molecule has 0 aliphatic carbocycles. The van der Waals surface area contributed by atoms with E-state index in [1.165, 1.54) is 11.1 Å². The summed E-state index contributed by atoms with van der Waals surface area (Å²) in [4.78, 5) is 82.4. The Kier molecular flexibility index (Phi) is 14.1. The van der Waals surface area contributed by atoms with E-state index in [1.54, 1.807) is 17.0 Å². The zero-order chi connectivity index (χ0) is 39.1. The van der Waals surface area contributed by atoms with Crippen molar-refractivity contribution < 1.29 is 43.3 Å². The average Bonchev–Trinajstić information content (AvgIpc) is 2.99. The SMILES string of the molecule is C[C@@H]1CN(C(=O)O)C[C@H](C)N1CC(=O)Nc1ccc(C2CCC(=O)NC2=O)cn1.C[C@@H]1CN(C(=O)OC(C)(C)C)C[C@H](C)N1CC(=O)OC(C)(C)C. The molecular formula is C36H57N7O9. The van der Waals surface area contributed by atoms with Gasteiger partial charge in [0.1, 0.15) is 17.0 Å². The van der Waals surface area contributed by atoms with Crippen molar-refractivity contribution in [2.75, 3.05) is 44.6 Å². The summed E-state index contributed by atoms with van der Waals surface area (Å²) in [6, 6.07) is 3.33. The van der Waals surface area contributed by atoms with Crippen LogP contribution in [-0.2, 0) is 28.7 Å². The van der Waals surface area contributed by atoms with E-state index < -0.39 is 23.2 Å². The first-order chi connectivity index (χ1) is 24.0. The lowest BCUT2D eigenvalue weighted by Crippen LogP contribution is -2.59. The molecule has 1 unspecified atom stereocenters. The molecule has 5 amide bonds. The number of pyridine rings is 1. The van der Waals surface area contributed by atoms with Crippen molar-refractivity contribution in [2.24, 2.45) is 0 Å². The molecule has 3 aliphatic heterocycles. The number of nitrogens with zero attached hydrogens (tertiary/aromatic N) is 5. The summed E-state index contributed by atoms with van der Waals surface area (Å²) in [5.74, 6) is -1.12. The van der Waals surface area contributed by atoms with Crippen molar-refractivity contribution in [3.05, 3.63) is 23.9 Å². The van der Waals surface area contributed by atoms with Gasteiger partial charge in [0.05, 0.1) is 19.0 Å². The molecular weight excluding hydrogens is 674 g/mol. The van der Waals surface area contributed by atoms with E-state index in [0.29, 0.717) is 50.4 Å². The van der Waals surface area contributed by atoms with Gasteiger partial charge in [0, 0.05) is 63.0 Å². The predicted octanol–water partition coefficient (Wildman–Crippen LogP) is 3.27. The number of hydrogen-bond acceptors (Lipinski definition) is 11. The summed E-state index contributed by atoms with van der Waals surface area (Å²) in [7, 11) is 0. The summed E-state index contributed by atoms with van der Waals surface area (Å²) in [5, 5.41) is 14.2. The summed E-state index contributed by atoms with van der Waals surface area (Å²) < 4.78 is 10.8. The van der Waals surface area contributed by atoms with E-state index in [2.05, 4.69) is 20.5 Å². The molecule has 0 saturated carbocycles. The number of imide groups is 1. The molecule has 0 radical (unpaired) electrons. The Bertz CT molecular complexity index is 1430. The number of nitrogens with one attached hydrogen (secondary N) is 2. The molecule has 0 bridgehead atoms. The highest BCUT2D eigenvalue weighted by Crippen LogP contribution is 2.25. The van der Waals surface area contributed by atoms with Gasteiger partial charge >= 0.3 is 18.2 Å². The molecule has 3 aliphatic rings. The van der Waals surface area contributed by atoms with Crippen molar-refractivity contribution in [2.45, 2.75) is 123 Å². The van der Waals surface area contributed by atoms with Gasteiger partial charge in [-0.05, 0) is 87.3 Å². The first-order valence-corrected chi connectivity index (χ1v) is 17.8. The maximum absolute atomic E-state index is 12.4. The van der Waals surface area contributed by atoms with Crippen LogP contribution >= 0.6 is 0 Å². The van der Waals surface area contributed by atoms with Gasteiger partial charge in [-0.1, -0.05) is 6.07 Å². The van der Waals surface area contributed by atoms with E-state index >= 15 is 0 Å². The van der Waals surface area contributed by atoms with Gasteiger partial charge in [0.25, 0.3) is 0 Å². The van der Waals surface area contributed by atoms with Gasteiger partial charge in [-0.15, -0.1) is 0 Å². The van der Waals surface area contributed by atoms with Gasteiger partial charge in [-0.25, -0.2) is 14.6 Å². The minimum Gasteiger partial charge on any atom is -0.465 e. The van der Waals surface area contributed by atoms with Crippen LogP contribution in [0.25, 0.3) is 0 Å². The third-order valence-corrected chi connectivity index (χ3v) is 8.88. The van der Waals surface area contributed by atoms with Gasteiger partial charge in [0.2, 0.25) is 17.7 Å². The van der Waals surface area contributed by atoms with Crippen molar-refractivity contribution in [1.29, 1.82) is 0 Å². The maximum Gasteiger partial charge on any atom is 0.410 e. The van der Waals surface area contributed by atoms with Gasteiger partial charge in [0.15, 0.2) is 0 Å². The average molecular weight is 732 g/mol. The summed E-state index contributed by atoms with van der Waals surface area (Å²) in [6.07, 6.45) is 1.02. The Morgan fingerprint density at radius 1 is 0.827 bits per heavy atom. The lowest BCUT2D eigenvalue weighted by molar-refractivity contribution is -0.158. The lowest BCUT2D eigenvalue weighted by Gasteiger charge is -2.44. The highest BCUT2D eigenvalue weighted by atomic mass is 16.6. The molecule has 0 spiro atoms. The maximum atomic E-state index is 12.4. The predicted molar refractivity (Wildman–Crippen MR) is 193 cm³/mol. The number of rotatable bonds is 6. The Balaban J connectivity index is 0.000000289. The molecule has 16 nitrogen and oxygen atoms in total. The molecule has 5 atom stereocenters. The van der Waals surface area contributed by atoms with Crippen LogP contribution in [0.5, 0.6) is 0 Å². The van der Waals surface area contributed by atoms with E-state index in [-0.39, 0.29) is 67.0 Å². The second-order valence-electron chi connectivity index (χ2n) is 15.9. The van der Waals surface area contributed by atoms with Crippen molar-refractivity contribution in [3.63, 3.8) is 0 Å². The topological polar surface area (TPSA) is 191 Å². The third-order valence-electron chi connectivity index (χ3n) is 8.88. The monoisotopic (exact) mass is 731 g/mol. The number of hydrogen-bond donors (Lipinski definition) is 3. The van der Waals surface area contributed by atoms with E-state index in [9.17, 15) is 28.8 Å². The fraction of sp³-hybridized carbons (Fsp3) is 0.694. The molecule has 1 aromatic rings. The Morgan fingerprint density at radius 3 is 1.81 bits per heavy atom. The van der Waals surface area contributed by atoms with Crippen molar-refractivity contribution in [3.8, 4) is 0 Å². The molecule has 1 aromatic heterocycles. The first-order valence-electron chi connectivity index (χ1n) is 17.8. The number of piperazine rings is 2. The Hall–Kier alpha value is -4.31. The van der Waals surface area contributed by atoms with E-state index in [4.69, 9.17) is 14.6 Å². The highest BCUT2D eigenvalue weighted by molar-refractivity contribution is 6.01. The fourth-order valence-electron chi connectivity index (χ4n) is 6.54. The molecule has 4 rings (SSSR count). The van der Waals surface area contributed by atoms with Crippen LogP contribution in [0.4, 0.5) is 15.4 Å². The van der Waals surface area contributed by atoms with Crippen molar-refractivity contribution >= 4 is 41.7 Å². The molecule has 16 heteroatoms. The molecule has 290 valence electrons. The Morgan fingerprint density at radius 2 is 1.35 bits per heavy atom. The number of aromatic nitrogens is 1. The number of anilines is 1. The summed E-state index contributed by atoms with van der Waals surface area (Å²) in [6.45, 7) is 21.1. The van der Waals surface area contributed by atoms with Crippen LogP contribution in [0.3, 0.4) is 0 Å². The van der Waals surface area contributed by atoms with Gasteiger partial charge in [-0.3, -0.25) is 34.3 Å². The largest absolute Gasteiger partial charge is 0.465 e. The minimum atomic E-state index is -0.951. The van der Waals surface area contributed by atoms with Crippen LogP contribution in [0.1, 0.15) is 93.6 Å². The fourth-order valence-corrected chi connectivity index (χ4v) is 6.54. The number of amides is 5. The zero-order valence-corrected chi connectivity index (χ0v) is 32.2. The van der Waals surface area contributed by atoms with Crippen LogP contribution in [-0.4, -0.2) is 140 Å². The smallest absolute Gasteiger partial charge is 0.410 e. The standard InChI is InChI=1S/C19H25N5O5.C17H32N2O4/c1-11-8-23(19(28)29)9-12(2)24(11)10-17(26)21-15-5-3-13(7-20-15)14-4-6-16(25)22-18(14)27;1-12-9-18(15(21)23-17(6,7)8)10-13(2)19(12)11-14(20)22-16(3,4)5/h3,5,7,11-12,14H,4,6,8-10H2,1-2H3,(H,28,29)(H,20,21,26)(H,22,25,27);12-13H,9-11H2,1-8H3/t11-,12+,14?;12-,13+. The van der Waals surface area contributed by atoms with Crippen LogP contribution in [0.15, 0.2) is 18.3 Å². The summed E-state index contributed by atoms with van der Waals surface area (Å²) >= 11 is 0. The molecule has 52 heavy (non-hydrogen) atoms. The molecule has 4 heterocycles. The zero-order valence-electron chi connectivity index (χ0n) is 32.2. The molecule has 3 fully saturated rings. The van der Waals surface area contributed by atoms with Crippen LogP contribution < -0.4 is 10.6 Å². The number of esters is 1.